The van der Waals surface area contributed by atoms with E-state index >= 15 is 0 Å². The van der Waals surface area contributed by atoms with E-state index in [4.69, 9.17) is 4.74 Å². The van der Waals surface area contributed by atoms with Crippen molar-refractivity contribution in [3.63, 3.8) is 0 Å². The second kappa shape index (κ2) is 6.37. The van der Waals surface area contributed by atoms with Crippen LogP contribution in [-0.2, 0) is 0 Å². The van der Waals surface area contributed by atoms with Gasteiger partial charge in [0.05, 0.1) is 6.61 Å². The zero-order chi connectivity index (χ0) is 13.6. The average molecular weight is 269 g/mol. The summed E-state index contributed by atoms with van der Waals surface area (Å²) in [5.41, 5.74) is 0. The monoisotopic (exact) mass is 269 g/mol. The van der Waals surface area contributed by atoms with E-state index < -0.39 is 0 Å². The van der Waals surface area contributed by atoms with E-state index in [2.05, 4.69) is 14.9 Å². The van der Waals surface area contributed by atoms with Crippen LogP contribution in [0.3, 0.4) is 0 Å². The molecule has 1 unspecified atom stereocenters. The van der Waals surface area contributed by atoms with Gasteiger partial charge in [0.15, 0.2) is 0 Å². The standard InChI is InChI=1S/C16H19N3O/c1-2-7-15(8-3-1)20-13-14-6-4-11-19(12-14)16-17-9-5-10-18-16/h1-3,5,7-10,14H,4,6,11-13H2. The molecule has 1 saturated heterocycles. The fourth-order valence-corrected chi connectivity index (χ4v) is 2.57. The number of hydrogen-bond acceptors (Lipinski definition) is 4. The van der Waals surface area contributed by atoms with Crippen LogP contribution in [0.25, 0.3) is 0 Å². The Balaban J connectivity index is 1.56. The van der Waals surface area contributed by atoms with Gasteiger partial charge in [-0.05, 0) is 31.0 Å². The highest BCUT2D eigenvalue weighted by Gasteiger charge is 2.22. The van der Waals surface area contributed by atoms with E-state index in [1.807, 2.05) is 36.4 Å². The fourth-order valence-electron chi connectivity index (χ4n) is 2.57. The molecule has 20 heavy (non-hydrogen) atoms. The summed E-state index contributed by atoms with van der Waals surface area (Å²) in [5, 5.41) is 0. The molecule has 0 bridgehead atoms. The summed E-state index contributed by atoms with van der Waals surface area (Å²) in [6, 6.07) is 11.9. The summed E-state index contributed by atoms with van der Waals surface area (Å²) in [7, 11) is 0. The Kier molecular flexibility index (Phi) is 4.11. The second-order valence-corrected chi connectivity index (χ2v) is 5.13. The van der Waals surface area contributed by atoms with Crippen molar-refractivity contribution in [2.45, 2.75) is 12.8 Å². The van der Waals surface area contributed by atoms with Gasteiger partial charge in [-0.25, -0.2) is 9.97 Å². The molecule has 0 amide bonds. The lowest BCUT2D eigenvalue weighted by Crippen LogP contribution is -2.38. The van der Waals surface area contributed by atoms with Gasteiger partial charge in [0.2, 0.25) is 5.95 Å². The Morgan fingerprint density at radius 2 is 1.90 bits per heavy atom. The summed E-state index contributed by atoms with van der Waals surface area (Å²) < 4.78 is 5.86. The molecule has 104 valence electrons. The number of benzene rings is 1. The molecule has 0 N–H and O–H groups in total. The lowest BCUT2D eigenvalue weighted by molar-refractivity contribution is 0.228. The zero-order valence-electron chi connectivity index (χ0n) is 11.5. The first-order valence-electron chi connectivity index (χ1n) is 7.11. The number of hydrogen-bond donors (Lipinski definition) is 0. The Bertz CT molecular complexity index is 518. The summed E-state index contributed by atoms with van der Waals surface area (Å²) in [4.78, 5) is 10.9. The van der Waals surface area contributed by atoms with Crippen molar-refractivity contribution in [2.75, 3.05) is 24.6 Å². The van der Waals surface area contributed by atoms with Crippen molar-refractivity contribution >= 4 is 5.95 Å². The first-order valence-corrected chi connectivity index (χ1v) is 7.11. The highest BCUT2D eigenvalue weighted by atomic mass is 16.5. The van der Waals surface area contributed by atoms with Crippen molar-refractivity contribution in [1.82, 2.24) is 9.97 Å². The minimum absolute atomic E-state index is 0.535. The SMILES string of the molecule is c1ccc(OCC2CCCN(c3ncccn3)C2)cc1. The zero-order valence-corrected chi connectivity index (χ0v) is 11.5. The molecule has 0 saturated carbocycles. The lowest BCUT2D eigenvalue weighted by atomic mass is 9.99. The molecule has 1 aliphatic heterocycles. The maximum Gasteiger partial charge on any atom is 0.225 e. The Hall–Kier alpha value is -2.10. The van der Waals surface area contributed by atoms with E-state index in [0.717, 1.165) is 31.4 Å². The molecule has 2 aromatic rings. The van der Waals surface area contributed by atoms with Crippen LogP contribution in [0.4, 0.5) is 5.95 Å². The minimum Gasteiger partial charge on any atom is -0.493 e. The topological polar surface area (TPSA) is 38.2 Å². The first-order chi connectivity index (χ1) is 9.92. The van der Waals surface area contributed by atoms with Gasteiger partial charge in [-0.1, -0.05) is 18.2 Å². The molecule has 2 heterocycles. The first kappa shape index (κ1) is 12.9. The predicted octanol–water partition coefficient (Wildman–Crippen LogP) is 2.77. The number of ether oxygens (including phenoxy) is 1. The summed E-state index contributed by atoms with van der Waals surface area (Å²) >= 11 is 0. The third-order valence-electron chi connectivity index (χ3n) is 3.58. The van der Waals surface area contributed by atoms with Crippen LogP contribution >= 0.6 is 0 Å². The van der Waals surface area contributed by atoms with Crippen molar-refractivity contribution in [3.8, 4) is 5.75 Å². The van der Waals surface area contributed by atoms with Crippen molar-refractivity contribution < 1.29 is 4.74 Å². The average Bonchev–Trinajstić information content (AvgIpc) is 2.55. The fraction of sp³-hybridized carbons (Fsp3) is 0.375. The molecular weight excluding hydrogens is 250 g/mol. The van der Waals surface area contributed by atoms with Gasteiger partial charge in [-0.15, -0.1) is 0 Å². The van der Waals surface area contributed by atoms with E-state index in [9.17, 15) is 0 Å². The smallest absolute Gasteiger partial charge is 0.225 e. The molecule has 1 aliphatic rings. The van der Waals surface area contributed by atoms with Gasteiger partial charge >= 0.3 is 0 Å². The molecule has 4 heteroatoms. The molecule has 1 aromatic carbocycles. The number of piperidine rings is 1. The van der Waals surface area contributed by atoms with Crippen molar-refractivity contribution in [1.29, 1.82) is 0 Å². The van der Waals surface area contributed by atoms with Gasteiger partial charge in [0, 0.05) is 31.4 Å². The molecular formula is C16H19N3O. The van der Waals surface area contributed by atoms with Gasteiger partial charge in [-0.3, -0.25) is 0 Å². The molecule has 1 atom stereocenters. The van der Waals surface area contributed by atoms with Crippen LogP contribution in [0.15, 0.2) is 48.8 Å². The summed E-state index contributed by atoms with van der Waals surface area (Å²) in [6.07, 6.45) is 5.97. The van der Waals surface area contributed by atoms with Crippen molar-refractivity contribution in [2.24, 2.45) is 5.92 Å². The molecule has 0 radical (unpaired) electrons. The highest BCUT2D eigenvalue weighted by Crippen LogP contribution is 2.21. The van der Waals surface area contributed by atoms with Crippen molar-refractivity contribution in [3.05, 3.63) is 48.8 Å². The van der Waals surface area contributed by atoms with Crippen LogP contribution in [-0.4, -0.2) is 29.7 Å². The van der Waals surface area contributed by atoms with Gasteiger partial charge < -0.3 is 9.64 Å². The lowest BCUT2D eigenvalue weighted by Gasteiger charge is -2.32. The predicted molar refractivity (Wildman–Crippen MR) is 78.9 cm³/mol. The normalized spacial score (nSPS) is 18.8. The third-order valence-corrected chi connectivity index (χ3v) is 3.58. The quantitative estimate of drug-likeness (QED) is 0.855. The molecule has 4 nitrogen and oxygen atoms in total. The molecule has 0 spiro atoms. The number of anilines is 1. The largest absolute Gasteiger partial charge is 0.493 e. The minimum atomic E-state index is 0.535. The van der Waals surface area contributed by atoms with Crippen LogP contribution in [0.1, 0.15) is 12.8 Å². The second-order valence-electron chi connectivity index (χ2n) is 5.13. The molecule has 1 aromatic heterocycles. The van der Waals surface area contributed by atoms with Gasteiger partial charge in [0.1, 0.15) is 5.75 Å². The van der Waals surface area contributed by atoms with Crippen LogP contribution in [0, 0.1) is 5.92 Å². The number of nitrogens with zero attached hydrogens (tertiary/aromatic N) is 3. The van der Waals surface area contributed by atoms with Crippen LogP contribution in [0.2, 0.25) is 0 Å². The number of aromatic nitrogens is 2. The van der Waals surface area contributed by atoms with E-state index in [1.165, 1.54) is 12.8 Å². The van der Waals surface area contributed by atoms with E-state index in [0.29, 0.717) is 5.92 Å². The highest BCUT2D eigenvalue weighted by molar-refractivity contribution is 5.29. The Morgan fingerprint density at radius 1 is 1.10 bits per heavy atom. The Labute approximate surface area is 119 Å². The molecule has 1 fully saturated rings. The Morgan fingerprint density at radius 3 is 2.70 bits per heavy atom. The van der Waals surface area contributed by atoms with Gasteiger partial charge in [0.25, 0.3) is 0 Å². The van der Waals surface area contributed by atoms with E-state index in [1.54, 1.807) is 12.4 Å². The summed E-state index contributed by atoms with van der Waals surface area (Å²) in [5.74, 6) is 2.31. The third kappa shape index (κ3) is 3.26. The summed E-state index contributed by atoms with van der Waals surface area (Å²) in [6.45, 7) is 2.76. The van der Waals surface area contributed by atoms with Crippen LogP contribution in [0.5, 0.6) is 5.75 Å². The molecule has 3 rings (SSSR count). The van der Waals surface area contributed by atoms with E-state index in [-0.39, 0.29) is 0 Å². The van der Waals surface area contributed by atoms with Crippen LogP contribution < -0.4 is 9.64 Å². The maximum atomic E-state index is 5.86. The maximum absolute atomic E-state index is 5.86. The van der Waals surface area contributed by atoms with Gasteiger partial charge in [-0.2, -0.15) is 0 Å². The number of rotatable bonds is 4. The number of para-hydroxylation sites is 1. The molecule has 0 aliphatic carbocycles.